The zero-order valence-corrected chi connectivity index (χ0v) is 21.0. The predicted molar refractivity (Wildman–Crippen MR) is 143 cm³/mol. The van der Waals surface area contributed by atoms with E-state index in [9.17, 15) is 14.4 Å². The maximum Gasteiger partial charge on any atom is 0.294 e. The van der Waals surface area contributed by atoms with Crippen LogP contribution in [0, 0.1) is 13.8 Å². The minimum atomic E-state index is -0.492. The highest BCUT2D eigenvalue weighted by molar-refractivity contribution is 5.94. The van der Waals surface area contributed by atoms with Gasteiger partial charge in [0.2, 0.25) is 17.6 Å². The van der Waals surface area contributed by atoms with Crippen molar-refractivity contribution in [2.75, 3.05) is 10.2 Å². The van der Waals surface area contributed by atoms with Crippen LogP contribution >= 0.6 is 0 Å². The summed E-state index contributed by atoms with van der Waals surface area (Å²) in [5, 5.41) is 2.99. The van der Waals surface area contributed by atoms with Crippen LogP contribution in [0.2, 0.25) is 0 Å². The van der Waals surface area contributed by atoms with Gasteiger partial charge in [0.1, 0.15) is 6.54 Å². The minimum absolute atomic E-state index is 0.00221. The van der Waals surface area contributed by atoms with Crippen LogP contribution in [0.5, 0.6) is 0 Å². The van der Waals surface area contributed by atoms with Crippen molar-refractivity contribution < 1.29 is 9.59 Å². The average Bonchev–Trinajstić information content (AvgIpc) is 2.86. The Labute approximate surface area is 210 Å². The summed E-state index contributed by atoms with van der Waals surface area (Å²) in [5.41, 5.74) is 5.23. The SMILES string of the molecule is CCc1cccc(C)c1NC(=O)Cn1c(=O)c(N(Cc2ccccc2C)C(C)=O)nc2ccccc21. The molecule has 2 amide bonds. The first-order valence-corrected chi connectivity index (χ1v) is 12.0. The maximum absolute atomic E-state index is 13.7. The van der Waals surface area contributed by atoms with Crippen LogP contribution in [0.4, 0.5) is 11.5 Å². The average molecular weight is 483 g/mol. The first-order valence-electron chi connectivity index (χ1n) is 12.0. The van der Waals surface area contributed by atoms with Gasteiger partial charge < -0.3 is 5.32 Å². The number of nitrogens with one attached hydrogen (secondary N) is 1. The van der Waals surface area contributed by atoms with Crippen LogP contribution < -0.4 is 15.8 Å². The molecule has 0 bridgehead atoms. The fourth-order valence-electron chi connectivity index (χ4n) is 4.33. The van der Waals surface area contributed by atoms with Gasteiger partial charge in [0.25, 0.3) is 5.56 Å². The molecule has 4 aromatic rings. The first-order chi connectivity index (χ1) is 17.3. The highest BCUT2D eigenvalue weighted by atomic mass is 16.2. The summed E-state index contributed by atoms with van der Waals surface area (Å²) >= 11 is 0. The number of para-hydroxylation sites is 3. The Kier molecular flexibility index (Phi) is 7.29. The molecule has 0 aliphatic rings. The molecule has 0 aliphatic carbocycles. The summed E-state index contributed by atoms with van der Waals surface area (Å²) in [6.07, 6.45) is 0.770. The van der Waals surface area contributed by atoms with Gasteiger partial charge in [-0.1, -0.05) is 61.5 Å². The molecule has 0 saturated carbocycles. The third-order valence-electron chi connectivity index (χ3n) is 6.37. The molecule has 0 aliphatic heterocycles. The number of hydrogen-bond acceptors (Lipinski definition) is 4. The fourth-order valence-corrected chi connectivity index (χ4v) is 4.33. The van der Waals surface area contributed by atoms with Gasteiger partial charge in [-0.05, 0) is 54.7 Å². The first kappa shape index (κ1) is 24.9. The van der Waals surface area contributed by atoms with E-state index in [1.54, 1.807) is 18.2 Å². The molecule has 184 valence electrons. The summed E-state index contributed by atoms with van der Waals surface area (Å²) in [5.74, 6) is -0.624. The lowest BCUT2D eigenvalue weighted by Crippen LogP contribution is -2.38. The summed E-state index contributed by atoms with van der Waals surface area (Å²) in [7, 11) is 0. The Morgan fingerprint density at radius 3 is 2.31 bits per heavy atom. The molecule has 0 saturated heterocycles. The second-order valence-electron chi connectivity index (χ2n) is 8.86. The van der Waals surface area contributed by atoms with Gasteiger partial charge in [0, 0.05) is 12.6 Å². The summed E-state index contributed by atoms with van der Waals surface area (Å²) in [6.45, 7) is 7.34. The van der Waals surface area contributed by atoms with Gasteiger partial charge >= 0.3 is 0 Å². The Morgan fingerprint density at radius 1 is 0.917 bits per heavy atom. The van der Waals surface area contributed by atoms with Crippen molar-refractivity contribution in [1.29, 1.82) is 0 Å². The second-order valence-corrected chi connectivity index (χ2v) is 8.86. The highest BCUT2D eigenvalue weighted by Gasteiger charge is 2.22. The topological polar surface area (TPSA) is 84.3 Å². The Hall–Kier alpha value is -4.26. The van der Waals surface area contributed by atoms with E-state index in [4.69, 9.17) is 0 Å². The number of aromatic nitrogens is 2. The van der Waals surface area contributed by atoms with E-state index in [1.807, 2.05) is 69.3 Å². The molecule has 7 nitrogen and oxygen atoms in total. The normalized spacial score (nSPS) is 10.9. The molecule has 0 fully saturated rings. The van der Waals surface area contributed by atoms with Crippen molar-refractivity contribution in [1.82, 2.24) is 9.55 Å². The molecule has 0 spiro atoms. The standard InChI is InChI=1S/C29H30N4O3/c1-5-22-14-10-12-20(3)27(22)31-26(35)18-33-25-16-9-8-15-24(25)30-28(29(33)36)32(21(4)34)17-23-13-7-6-11-19(23)2/h6-16H,5,17-18H2,1-4H3,(H,31,35). The number of anilines is 2. The number of carbonyl (C=O) groups is 2. The van der Waals surface area contributed by atoms with Crippen molar-refractivity contribution in [2.24, 2.45) is 0 Å². The van der Waals surface area contributed by atoms with Crippen LogP contribution in [0.15, 0.2) is 71.5 Å². The Balaban J connectivity index is 1.77. The van der Waals surface area contributed by atoms with Gasteiger partial charge in [0.05, 0.1) is 17.6 Å². The second kappa shape index (κ2) is 10.6. The van der Waals surface area contributed by atoms with Crippen molar-refractivity contribution in [3.05, 3.63) is 99.3 Å². The third kappa shape index (κ3) is 5.05. The lowest BCUT2D eigenvalue weighted by Gasteiger charge is -2.22. The maximum atomic E-state index is 13.7. The monoisotopic (exact) mass is 482 g/mol. The number of nitrogens with zero attached hydrogens (tertiary/aromatic N) is 3. The zero-order chi connectivity index (χ0) is 25.8. The number of fused-ring (bicyclic) bond motifs is 1. The largest absolute Gasteiger partial charge is 0.324 e. The molecule has 0 unspecified atom stereocenters. The number of carbonyl (C=O) groups excluding carboxylic acids is 2. The number of amides is 2. The van der Waals surface area contributed by atoms with Crippen molar-refractivity contribution in [2.45, 2.75) is 47.2 Å². The molecule has 7 heteroatoms. The Morgan fingerprint density at radius 2 is 1.58 bits per heavy atom. The van der Waals surface area contributed by atoms with Crippen LogP contribution in [-0.2, 0) is 29.1 Å². The van der Waals surface area contributed by atoms with Crippen LogP contribution in [0.3, 0.4) is 0 Å². The Bertz CT molecular complexity index is 1510. The zero-order valence-electron chi connectivity index (χ0n) is 21.0. The van der Waals surface area contributed by atoms with Crippen molar-refractivity contribution in [3.8, 4) is 0 Å². The van der Waals surface area contributed by atoms with Gasteiger partial charge in [-0.2, -0.15) is 0 Å². The lowest BCUT2D eigenvalue weighted by molar-refractivity contribution is -0.117. The van der Waals surface area contributed by atoms with E-state index in [-0.39, 0.29) is 30.7 Å². The van der Waals surface area contributed by atoms with E-state index in [0.717, 1.165) is 34.4 Å². The third-order valence-corrected chi connectivity index (χ3v) is 6.37. The number of hydrogen-bond donors (Lipinski definition) is 1. The number of aryl methyl sites for hydroxylation is 3. The quantitative estimate of drug-likeness (QED) is 0.411. The smallest absolute Gasteiger partial charge is 0.294 e. The van der Waals surface area contributed by atoms with Crippen LogP contribution in [0.25, 0.3) is 11.0 Å². The van der Waals surface area contributed by atoms with Crippen LogP contribution in [0.1, 0.15) is 36.1 Å². The molecule has 0 atom stereocenters. The predicted octanol–water partition coefficient (Wildman–Crippen LogP) is 4.77. The molecular weight excluding hydrogens is 452 g/mol. The molecule has 1 aromatic heterocycles. The lowest BCUT2D eigenvalue weighted by atomic mass is 10.1. The van der Waals surface area contributed by atoms with Crippen molar-refractivity contribution in [3.63, 3.8) is 0 Å². The molecule has 36 heavy (non-hydrogen) atoms. The summed E-state index contributed by atoms with van der Waals surface area (Å²) in [6, 6.07) is 20.7. The van der Waals surface area contributed by atoms with E-state index >= 15 is 0 Å². The van der Waals surface area contributed by atoms with E-state index in [1.165, 1.54) is 16.4 Å². The van der Waals surface area contributed by atoms with E-state index in [2.05, 4.69) is 10.3 Å². The molecule has 1 N–H and O–H groups in total. The fraction of sp³-hybridized carbons (Fsp3) is 0.241. The van der Waals surface area contributed by atoms with Gasteiger partial charge in [-0.15, -0.1) is 0 Å². The summed E-state index contributed by atoms with van der Waals surface area (Å²) < 4.78 is 1.39. The molecule has 4 rings (SSSR count). The van der Waals surface area contributed by atoms with E-state index in [0.29, 0.717) is 11.0 Å². The molecule has 0 radical (unpaired) electrons. The summed E-state index contributed by atoms with van der Waals surface area (Å²) in [4.78, 5) is 45.5. The molecular formula is C29H30N4O3. The molecule has 3 aromatic carbocycles. The van der Waals surface area contributed by atoms with E-state index < -0.39 is 5.56 Å². The molecule has 1 heterocycles. The number of rotatable bonds is 7. The highest BCUT2D eigenvalue weighted by Crippen LogP contribution is 2.22. The minimum Gasteiger partial charge on any atom is -0.324 e. The van der Waals surface area contributed by atoms with Gasteiger partial charge in [-0.25, -0.2) is 4.98 Å². The number of benzene rings is 3. The van der Waals surface area contributed by atoms with Gasteiger partial charge in [-0.3, -0.25) is 23.9 Å². The van der Waals surface area contributed by atoms with Crippen molar-refractivity contribution >= 4 is 34.4 Å². The van der Waals surface area contributed by atoms with Crippen LogP contribution in [-0.4, -0.2) is 21.4 Å². The van der Waals surface area contributed by atoms with Gasteiger partial charge in [0.15, 0.2) is 0 Å².